The van der Waals surface area contributed by atoms with Gasteiger partial charge in [0.05, 0.1) is 12.6 Å². The lowest BCUT2D eigenvalue weighted by molar-refractivity contribution is 0.400. The maximum absolute atomic E-state index is 13.7. The minimum absolute atomic E-state index is 0.333. The summed E-state index contributed by atoms with van der Waals surface area (Å²) in [5.41, 5.74) is 0.939. The second-order valence-corrected chi connectivity index (χ2v) is 5.78. The SMILES string of the molecule is N#CC(CCc1ccccc1)(Cn1cncn1)c1cccc(F)c1. The Morgan fingerprint density at radius 2 is 1.96 bits per heavy atom. The van der Waals surface area contributed by atoms with Gasteiger partial charge in [-0.05, 0) is 36.1 Å². The summed E-state index contributed by atoms with van der Waals surface area (Å²) in [7, 11) is 0. The molecule has 1 aromatic heterocycles. The van der Waals surface area contributed by atoms with Crippen molar-refractivity contribution in [2.75, 3.05) is 0 Å². The molecule has 0 aliphatic heterocycles. The lowest BCUT2D eigenvalue weighted by atomic mass is 9.77. The molecule has 1 unspecified atom stereocenters. The number of nitriles is 1. The van der Waals surface area contributed by atoms with Crippen molar-refractivity contribution in [1.29, 1.82) is 5.26 Å². The Balaban J connectivity index is 1.94. The molecule has 5 heteroatoms. The van der Waals surface area contributed by atoms with Crippen LogP contribution in [0.4, 0.5) is 4.39 Å². The third-order valence-electron chi connectivity index (χ3n) is 4.17. The van der Waals surface area contributed by atoms with Crippen molar-refractivity contribution < 1.29 is 4.39 Å². The van der Waals surface area contributed by atoms with E-state index >= 15 is 0 Å². The van der Waals surface area contributed by atoms with Crippen LogP contribution in [0.15, 0.2) is 67.3 Å². The van der Waals surface area contributed by atoms with Crippen LogP contribution in [-0.4, -0.2) is 14.8 Å². The van der Waals surface area contributed by atoms with E-state index in [-0.39, 0.29) is 5.82 Å². The lowest BCUT2D eigenvalue weighted by Crippen LogP contribution is -2.31. The molecule has 0 spiro atoms. The number of aromatic nitrogens is 3. The Morgan fingerprint density at radius 1 is 1.12 bits per heavy atom. The number of nitrogens with zero attached hydrogens (tertiary/aromatic N) is 4. The van der Waals surface area contributed by atoms with Gasteiger partial charge < -0.3 is 0 Å². The van der Waals surface area contributed by atoms with Gasteiger partial charge in [0, 0.05) is 0 Å². The standard InChI is InChI=1S/C19H17FN4/c20-18-8-4-7-17(11-18)19(12-21,13-24-15-22-14-23-24)10-9-16-5-2-1-3-6-16/h1-8,11,14-15H,9-10,13H2. The van der Waals surface area contributed by atoms with Crippen LogP contribution in [-0.2, 0) is 18.4 Å². The zero-order valence-electron chi connectivity index (χ0n) is 13.1. The highest BCUT2D eigenvalue weighted by atomic mass is 19.1. The molecule has 1 atom stereocenters. The fraction of sp³-hybridized carbons (Fsp3) is 0.211. The first kappa shape index (κ1) is 15.9. The van der Waals surface area contributed by atoms with Crippen LogP contribution >= 0.6 is 0 Å². The molecule has 3 aromatic rings. The van der Waals surface area contributed by atoms with Crippen molar-refractivity contribution in [3.05, 3.63) is 84.2 Å². The number of benzene rings is 2. The van der Waals surface area contributed by atoms with Gasteiger partial charge in [0.1, 0.15) is 23.9 Å². The molecule has 1 heterocycles. The van der Waals surface area contributed by atoms with Crippen LogP contribution in [0.5, 0.6) is 0 Å². The van der Waals surface area contributed by atoms with Crippen LogP contribution < -0.4 is 0 Å². The fourth-order valence-electron chi connectivity index (χ4n) is 2.85. The first-order valence-corrected chi connectivity index (χ1v) is 7.75. The molecule has 0 radical (unpaired) electrons. The maximum Gasteiger partial charge on any atom is 0.137 e. The molecule has 0 aliphatic rings. The molecule has 4 nitrogen and oxygen atoms in total. The van der Waals surface area contributed by atoms with Crippen LogP contribution in [0.2, 0.25) is 0 Å². The van der Waals surface area contributed by atoms with E-state index in [4.69, 9.17) is 0 Å². The van der Waals surface area contributed by atoms with Gasteiger partial charge in [0.2, 0.25) is 0 Å². The van der Waals surface area contributed by atoms with E-state index in [1.54, 1.807) is 23.1 Å². The van der Waals surface area contributed by atoms with Gasteiger partial charge in [-0.15, -0.1) is 0 Å². The van der Waals surface area contributed by atoms with Crippen molar-refractivity contribution in [3.63, 3.8) is 0 Å². The Kier molecular flexibility index (Phi) is 4.66. The van der Waals surface area contributed by atoms with Crippen molar-refractivity contribution >= 4 is 0 Å². The zero-order chi connectivity index (χ0) is 16.8. The first-order valence-electron chi connectivity index (χ1n) is 7.75. The predicted octanol–water partition coefficient (Wildman–Crippen LogP) is 3.51. The molecule has 3 rings (SSSR count). The van der Waals surface area contributed by atoms with Crippen molar-refractivity contribution in [2.45, 2.75) is 24.8 Å². The molecular formula is C19H17FN4. The second-order valence-electron chi connectivity index (χ2n) is 5.78. The highest BCUT2D eigenvalue weighted by Crippen LogP contribution is 2.31. The molecule has 0 aliphatic carbocycles. The Bertz CT molecular complexity index is 824. The number of rotatable bonds is 6. The third-order valence-corrected chi connectivity index (χ3v) is 4.17. The quantitative estimate of drug-likeness (QED) is 0.698. The summed E-state index contributed by atoms with van der Waals surface area (Å²) in [6.07, 6.45) is 4.30. The average Bonchev–Trinajstić information content (AvgIpc) is 3.12. The normalized spacial score (nSPS) is 13.2. The van der Waals surface area contributed by atoms with Crippen molar-refractivity contribution in [3.8, 4) is 6.07 Å². The van der Waals surface area contributed by atoms with Crippen molar-refractivity contribution in [2.24, 2.45) is 0 Å². The third kappa shape index (κ3) is 3.49. The number of hydrogen-bond donors (Lipinski definition) is 0. The van der Waals surface area contributed by atoms with Gasteiger partial charge in [-0.1, -0.05) is 42.5 Å². The van der Waals surface area contributed by atoms with Gasteiger partial charge in [-0.25, -0.2) is 9.37 Å². The molecule has 0 amide bonds. The largest absolute Gasteiger partial charge is 0.251 e. The summed E-state index contributed by atoms with van der Waals surface area (Å²) in [4.78, 5) is 3.94. The number of aryl methyl sites for hydroxylation is 1. The van der Waals surface area contributed by atoms with Gasteiger partial charge in [-0.2, -0.15) is 10.4 Å². The predicted molar refractivity (Wildman–Crippen MR) is 88.5 cm³/mol. The molecule has 0 bridgehead atoms. The highest BCUT2D eigenvalue weighted by Gasteiger charge is 2.33. The van der Waals surface area contributed by atoms with Gasteiger partial charge >= 0.3 is 0 Å². The van der Waals surface area contributed by atoms with E-state index in [0.29, 0.717) is 18.5 Å². The fourth-order valence-corrected chi connectivity index (χ4v) is 2.85. The van der Waals surface area contributed by atoms with Gasteiger partial charge in [0.15, 0.2) is 0 Å². The minimum Gasteiger partial charge on any atom is -0.251 e. The van der Waals surface area contributed by atoms with Gasteiger partial charge in [0.25, 0.3) is 0 Å². The maximum atomic E-state index is 13.7. The molecule has 0 N–H and O–H groups in total. The van der Waals surface area contributed by atoms with Crippen molar-refractivity contribution in [1.82, 2.24) is 14.8 Å². The molecule has 0 fully saturated rings. The molecular weight excluding hydrogens is 303 g/mol. The molecule has 0 saturated heterocycles. The summed E-state index contributed by atoms with van der Waals surface area (Å²) in [5, 5.41) is 14.1. The lowest BCUT2D eigenvalue weighted by Gasteiger charge is -2.27. The number of hydrogen-bond acceptors (Lipinski definition) is 3. The Labute approximate surface area is 140 Å². The zero-order valence-corrected chi connectivity index (χ0v) is 13.1. The molecule has 2 aromatic carbocycles. The molecule has 120 valence electrons. The van der Waals surface area contributed by atoms with E-state index < -0.39 is 5.41 Å². The van der Waals surface area contributed by atoms with Crippen LogP contribution in [0, 0.1) is 17.1 Å². The molecule has 24 heavy (non-hydrogen) atoms. The summed E-state index contributed by atoms with van der Waals surface area (Å²) in [6.45, 7) is 0.333. The van der Waals surface area contributed by atoms with E-state index in [1.807, 2.05) is 30.3 Å². The minimum atomic E-state index is -0.869. The van der Waals surface area contributed by atoms with Gasteiger partial charge in [-0.3, -0.25) is 4.68 Å². The molecule has 0 saturated carbocycles. The summed E-state index contributed by atoms with van der Waals surface area (Å²) in [5.74, 6) is -0.342. The Morgan fingerprint density at radius 3 is 2.62 bits per heavy atom. The summed E-state index contributed by atoms with van der Waals surface area (Å²) >= 11 is 0. The summed E-state index contributed by atoms with van der Waals surface area (Å²) < 4.78 is 15.4. The average molecular weight is 320 g/mol. The summed E-state index contributed by atoms with van der Waals surface area (Å²) in [6, 6.07) is 18.6. The highest BCUT2D eigenvalue weighted by molar-refractivity contribution is 5.33. The van der Waals surface area contributed by atoms with Crippen LogP contribution in [0.1, 0.15) is 17.5 Å². The van der Waals surface area contributed by atoms with E-state index in [2.05, 4.69) is 16.2 Å². The monoisotopic (exact) mass is 320 g/mol. The Hall–Kier alpha value is -3.00. The van der Waals surface area contributed by atoms with Crippen LogP contribution in [0.25, 0.3) is 0 Å². The topological polar surface area (TPSA) is 54.5 Å². The first-order chi connectivity index (χ1) is 11.7. The van der Waals surface area contributed by atoms with E-state index in [0.717, 1.165) is 12.0 Å². The number of halogens is 1. The second kappa shape index (κ2) is 7.05. The van der Waals surface area contributed by atoms with E-state index in [9.17, 15) is 9.65 Å². The van der Waals surface area contributed by atoms with E-state index in [1.165, 1.54) is 18.5 Å². The smallest absolute Gasteiger partial charge is 0.137 e. The van der Waals surface area contributed by atoms with Crippen LogP contribution in [0.3, 0.4) is 0 Å².